The van der Waals surface area contributed by atoms with Crippen molar-refractivity contribution in [3.05, 3.63) is 64.2 Å². The number of halogens is 2. The van der Waals surface area contributed by atoms with E-state index in [-0.39, 0.29) is 24.5 Å². The summed E-state index contributed by atoms with van der Waals surface area (Å²) in [7, 11) is 0. The van der Waals surface area contributed by atoms with Crippen LogP contribution in [-0.2, 0) is 0 Å². The largest absolute Gasteiger partial charge is 0.491 e. The van der Waals surface area contributed by atoms with Gasteiger partial charge in [0.15, 0.2) is 5.82 Å². The summed E-state index contributed by atoms with van der Waals surface area (Å²) in [5.74, 6) is -0.786. The highest BCUT2D eigenvalue weighted by Crippen LogP contribution is 2.20. The Bertz CT molecular complexity index is 680. The number of nitrogens with one attached hydrogen (secondary N) is 1. The molecule has 0 saturated heterocycles. The summed E-state index contributed by atoms with van der Waals surface area (Å²) in [4.78, 5) is 9.81. The van der Waals surface area contributed by atoms with Crippen LogP contribution in [0.25, 0.3) is 0 Å². The third-order valence-electron chi connectivity index (χ3n) is 2.95. The summed E-state index contributed by atoms with van der Waals surface area (Å²) in [6, 6.07) is 8.48. The Kier molecular flexibility index (Phi) is 5.42. The van der Waals surface area contributed by atoms with Crippen LogP contribution in [-0.4, -0.2) is 29.3 Å². The number of hydrogen-bond acceptors (Lipinski definition) is 5. The van der Waals surface area contributed by atoms with Gasteiger partial charge < -0.3 is 15.2 Å². The van der Waals surface area contributed by atoms with Gasteiger partial charge >= 0.3 is 0 Å². The molecule has 0 saturated carbocycles. The molecule has 0 aliphatic heterocycles. The fourth-order valence-electron chi connectivity index (χ4n) is 1.77. The van der Waals surface area contributed by atoms with Gasteiger partial charge in [0.2, 0.25) is 0 Å². The Morgan fingerprint density at radius 3 is 2.52 bits per heavy atom. The molecule has 1 atom stereocenters. The highest BCUT2D eigenvalue weighted by atomic mass is 19.1. The van der Waals surface area contributed by atoms with Gasteiger partial charge in [-0.05, 0) is 30.3 Å². The van der Waals surface area contributed by atoms with E-state index < -0.39 is 22.7 Å². The minimum Gasteiger partial charge on any atom is -0.491 e. The molecule has 23 heavy (non-hydrogen) atoms. The number of aliphatic hydroxyl groups excluding tert-OH is 1. The Labute approximate surface area is 130 Å². The van der Waals surface area contributed by atoms with Crippen LogP contribution in [0.5, 0.6) is 5.75 Å². The maximum absolute atomic E-state index is 13.6. The molecule has 0 aromatic heterocycles. The van der Waals surface area contributed by atoms with Crippen molar-refractivity contribution in [3.8, 4) is 5.75 Å². The van der Waals surface area contributed by atoms with Crippen LogP contribution in [0.3, 0.4) is 0 Å². The summed E-state index contributed by atoms with van der Waals surface area (Å²) in [6.45, 7) is -0.0941. The number of nitrogens with zero attached hydrogens (tertiary/aromatic N) is 1. The maximum Gasteiger partial charge on any atom is 0.272 e. The van der Waals surface area contributed by atoms with E-state index >= 15 is 0 Å². The number of rotatable bonds is 7. The predicted octanol–water partition coefficient (Wildman–Crippen LogP) is 2.72. The molecule has 1 unspecified atom stereocenters. The van der Waals surface area contributed by atoms with E-state index in [0.717, 1.165) is 12.1 Å². The minimum atomic E-state index is -0.949. The lowest BCUT2D eigenvalue weighted by atomic mass is 10.2. The standard InChI is InChI=1S/C15H14F2N2O4/c16-10-1-4-13(5-2-10)23-9-12(20)8-18-15-6-3-11(19(21)22)7-14(15)17/h1-7,12,18,20H,8-9H2. The molecule has 0 aliphatic carbocycles. The molecule has 2 aromatic rings. The van der Waals surface area contributed by atoms with Crippen LogP contribution in [0.1, 0.15) is 0 Å². The summed E-state index contributed by atoms with van der Waals surface area (Å²) in [5.41, 5.74) is -0.315. The number of non-ortho nitro benzene ring substituents is 1. The van der Waals surface area contributed by atoms with Crippen LogP contribution < -0.4 is 10.1 Å². The van der Waals surface area contributed by atoms with Crippen LogP contribution in [0.15, 0.2) is 42.5 Å². The van der Waals surface area contributed by atoms with Gasteiger partial charge in [0.1, 0.15) is 24.3 Å². The average molecular weight is 324 g/mol. The van der Waals surface area contributed by atoms with Crippen molar-refractivity contribution in [3.63, 3.8) is 0 Å². The molecule has 0 heterocycles. The smallest absolute Gasteiger partial charge is 0.272 e. The molecular formula is C15H14F2N2O4. The molecule has 2 rings (SSSR count). The van der Waals surface area contributed by atoms with Crippen LogP contribution in [0.4, 0.5) is 20.2 Å². The molecular weight excluding hydrogens is 310 g/mol. The Hall–Kier alpha value is -2.74. The first-order valence-corrected chi connectivity index (χ1v) is 6.70. The van der Waals surface area contributed by atoms with Gasteiger partial charge in [0, 0.05) is 12.6 Å². The van der Waals surface area contributed by atoms with Crippen LogP contribution >= 0.6 is 0 Å². The molecule has 2 N–H and O–H groups in total. The van der Waals surface area contributed by atoms with E-state index in [9.17, 15) is 24.0 Å². The first-order valence-electron chi connectivity index (χ1n) is 6.70. The fraction of sp³-hybridized carbons (Fsp3) is 0.200. The summed E-state index contributed by atoms with van der Waals surface area (Å²) >= 11 is 0. The molecule has 0 spiro atoms. The van der Waals surface area contributed by atoms with Gasteiger partial charge in [0.25, 0.3) is 5.69 Å². The van der Waals surface area contributed by atoms with Crippen molar-refractivity contribution in [2.75, 3.05) is 18.5 Å². The van der Waals surface area contributed by atoms with Crippen molar-refractivity contribution < 1.29 is 23.5 Å². The maximum atomic E-state index is 13.6. The van der Waals surface area contributed by atoms with Crippen molar-refractivity contribution in [2.24, 2.45) is 0 Å². The number of aliphatic hydroxyl groups is 1. The molecule has 0 bridgehead atoms. The third kappa shape index (κ3) is 4.89. The Balaban J connectivity index is 1.83. The van der Waals surface area contributed by atoms with Gasteiger partial charge in [-0.1, -0.05) is 0 Å². The van der Waals surface area contributed by atoms with Crippen LogP contribution in [0, 0.1) is 21.7 Å². The predicted molar refractivity (Wildman–Crippen MR) is 79.4 cm³/mol. The van der Waals surface area contributed by atoms with Crippen molar-refractivity contribution in [1.29, 1.82) is 0 Å². The van der Waals surface area contributed by atoms with Gasteiger partial charge in [-0.3, -0.25) is 10.1 Å². The molecule has 6 nitrogen and oxygen atoms in total. The zero-order valence-corrected chi connectivity index (χ0v) is 11.9. The summed E-state index contributed by atoms with van der Waals surface area (Å²) < 4.78 is 31.6. The van der Waals surface area contributed by atoms with E-state index in [1.54, 1.807) is 0 Å². The Morgan fingerprint density at radius 1 is 1.22 bits per heavy atom. The van der Waals surface area contributed by atoms with Gasteiger partial charge in [-0.25, -0.2) is 8.78 Å². The highest BCUT2D eigenvalue weighted by molar-refractivity contribution is 5.50. The zero-order chi connectivity index (χ0) is 16.8. The zero-order valence-electron chi connectivity index (χ0n) is 11.9. The van der Waals surface area contributed by atoms with E-state index in [2.05, 4.69) is 5.32 Å². The SMILES string of the molecule is O=[N+]([O-])c1ccc(NCC(O)COc2ccc(F)cc2)c(F)c1. The van der Waals surface area contributed by atoms with E-state index in [4.69, 9.17) is 4.74 Å². The first-order chi connectivity index (χ1) is 11.0. The topological polar surface area (TPSA) is 84.6 Å². The summed E-state index contributed by atoms with van der Waals surface area (Å²) in [5, 5.41) is 22.9. The lowest BCUT2D eigenvalue weighted by molar-refractivity contribution is -0.385. The summed E-state index contributed by atoms with van der Waals surface area (Å²) in [6.07, 6.45) is -0.949. The highest BCUT2D eigenvalue weighted by Gasteiger charge is 2.12. The number of ether oxygens (including phenoxy) is 1. The second kappa shape index (κ2) is 7.50. The average Bonchev–Trinajstić information content (AvgIpc) is 2.53. The van der Waals surface area contributed by atoms with Gasteiger partial charge in [-0.15, -0.1) is 0 Å². The van der Waals surface area contributed by atoms with Crippen molar-refractivity contribution in [1.82, 2.24) is 0 Å². The van der Waals surface area contributed by atoms with Crippen LogP contribution in [0.2, 0.25) is 0 Å². The van der Waals surface area contributed by atoms with Gasteiger partial charge in [0.05, 0.1) is 16.7 Å². The molecule has 0 amide bonds. The number of nitro benzene ring substituents is 1. The third-order valence-corrected chi connectivity index (χ3v) is 2.95. The molecule has 8 heteroatoms. The lowest BCUT2D eigenvalue weighted by Gasteiger charge is -2.14. The quantitative estimate of drug-likeness (QED) is 0.604. The number of anilines is 1. The van der Waals surface area contributed by atoms with Crippen molar-refractivity contribution in [2.45, 2.75) is 6.10 Å². The van der Waals surface area contributed by atoms with Crippen molar-refractivity contribution >= 4 is 11.4 Å². The lowest BCUT2D eigenvalue weighted by Crippen LogP contribution is -2.26. The number of nitro groups is 1. The second-order valence-corrected chi connectivity index (χ2v) is 4.72. The molecule has 0 aliphatic rings. The number of benzene rings is 2. The molecule has 0 radical (unpaired) electrons. The van der Waals surface area contributed by atoms with E-state index in [1.807, 2.05) is 0 Å². The number of hydrogen-bond donors (Lipinski definition) is 2. The minimum absolute atomic E-state index is 0.0179. The molecule has 0 fully saturated rings. The molecule has 2 aromatic carbocycles. The van der Waals surface area contributed by atoms with Gasteiger partial charge in [-0.2, -0.15) is 0 Å². The van der Waals surface area contributed by atoms with E-state index in [1.165, 1.54) is 30.3 Å². The Morgan fingerprint density at radius 2 is 1.91 bits per heavy atom. The second-order valence-electron chi connectivity index (χ2n) is 4.72. The monoisotopic (exact) mass is 324 g/mol. The normalized spacial score (nSPS) is 11.8. The van der Waals surface area contributed by atoms with E-state index in [0.29, 0.717) is 5.75 Å². The first kappa shape index (κ1) is 16.6. The molecule has 122 valence electrons. The fourth-order valence-corrected chi connectivity index (χ4v) is 1.77.